The van der Waals surface area contributed by atoms with Crippen molar-refractivity contribution >= 4 is 5.91 Å². The molecule has 5 heteroatoms. The van der Waals surface area contributed by atoms with Gasteiger partial charge < -0.3 is 14.6 Å². The van der Waals surface area contributed by atoms with Crippen LogP contribution in [0.15, 0.2) is 67.0 Å². The molecular weight excluding hydrogens is 314 g/mol. The smallest absolute Gasteiger partial charge is 0.225 e. The van der Waals surface area contributed by atoms with Gasteiger partial charge in [0.15, 0.2) is 0 Å². The SMILES string of the molecule is COc1cccc(CC(=O)N[C@H](c2ccccc2)c2nccn2C)c1. The second kappa shape index (κ2) is 7.66. The Kier molecular flexibility index (Phi) is 5.14. The van der Waals surface area contributed by atoms with Crippen LogP contribution in [-0.2, 0) is 18.3 Å². The van der Waals surface area contributed by atoms with E-state index in [0.717, 1.165) is 22.7 Å². The van der Waals surface area contributed by atoms with E-state index in [1.807, 2.05) is 72.4 Å². The minimum absolute atomic E-state index is 0.0647. The van der Waals surface area contributed by atoms with Crippen LogP contribution in [0, 0.1) is 0 Å². The number of hydrogen-bond acceptors (Lipinski definition) is 3. The van der Waals surface area contributed by atoms with Gasteiger partial charge in [-0.25, -0.2) is 4.98 Å². The Hall–Kier alpha value is -3.08. The molecule has 5 nitrogen and oxygen atoms in total. The predicted molar refractivity (Wildman–Crippen MR) is 96.3 cm³/mol. The topological polar surface area (TPSA) is 56.1 Å². The molecule has 0 aliphatic rings. The van der Waals surface area contributed by atoms with Crippen molar-refractivity contribution < 1.29 is 9.53 Å². The molecule has 1 atom stereocenters. The fourth-order valence-corrected chi connectivity index (χ4v) is 2.78. The Morgan fingerprint density at radius 1 is 1.20 bits per heavy atom. The summed E-state index contributed by atoms with van der Waals surface area (Å²) in [6.07, 6.45) is 3.89. The monoisotopic (exact) mass is 335 g/mol. The van der Waals surface area contributed by atoms with Gasteiger partial charge in [0.05, 0.1) is 13.5 Å². The fraction of sp³-hybridized carbons (Fsp3) is 0.200. The molecule has 0 saturated heterocycles. The number of aryl methyl sites for hydroxylation is 1. The average molecular weight is 335 g/mol. The standard InChI is InChI=1S/C20H21N3O2/c1-23-12-11-21-20(23)19(16-8-4-3-5-9-16)22-18(24)14-15-7-6-10-17(13-15)25-2/h3-13,19H,14H2,1-2H3,(H,22,24)/t19-/m1/s1. The Morgan fingerprint density at radius 3 is 2.68 bits per heavy atom. The number of hydrogen-bond donors (Lipinski definition) is 1. The van der Waals surface area contributed by atoms with Crippen molar-refractivity contribution in [3.05, 3.63) is 83.9 Å². The molecule has 25 heavy (non-hydrogen) atoms. The zero-order valence-corrected chi connectivity index (χ0v) is 14.3. The summed E-state index contributed by atoms with van der Waals surface area (Å²) in [7, 11) is 3.54. The van der Waals surface area contributed by atoms with Crippen LogP contribution in [0.4, 0.5) is 0 Å². The largest absolute Gasteiger partial charge is 0.497 e. The van der Waals surface area contributed by atoms with Gasteiger partial charge in [-0.15, -0.1) is 0 Å². The number of nitrogens with zero attached hydrogens (tertiary/aromatic N) is 2. The van der Waals surface area contributed by atoms with Crippen molar-refractivity contribution in [3.63, 3.8) is 0 Å². The van der Waals surface area contributed by atoms with Crippen molar-refractivity contribution in [2.75, 3.05) is 7.11 Å². The molecular formula is C20H21N3O2. The van der Waals surface area contributed by atoms with E-state index in [1.54, 1.807) is 13.3 Å². The van der Waals surface area contributed by atoms with E-state index in [-0.39, 0.29) is 18.4 Å². The average Bonchev–Trinajstić information content (AvgIpc) is 3.06. The summed E-state index contributed by atoms with van der Waals surface area (Å²) in [6, 6.07) is 17.1. The van der Waals surface area contributed by atoms with Crippen LogP contribution in [0.25, 0.3) is 0 Å². The van der Waals surface area contributed by atoms with Gasteiger partial charge in [-0.05, 0) is 23.3 Å². The van der Waals surface area contributed by atoms with E-state index >= 15 is 0 Å². The van der Waals surface area contributed by atoms with E-state index in [1.165, 1.54) is 0 Å². The molecule has 3 aromatic rings. The first-order valence-electron chi connectivity index (χ1n) is 8.12. The van der Waals surface area contributed by atoms with E-state index in [4.69, 9.17) is 4.74 Å². The van der Waals surface area contributed by atoms with Gasteiger partial charge in [-0.1, -0.05) is 42.5 Å². The van der Waals surface area contributed by atoms with E-state index in [2.05, 4.69) is 10.3 Å². The van der Waals surface area contributed by atoms with Crippen LogP contribution in [0.3, 0.4) is 0 Å². The maximum Gasteiger partial charge on any atom is 0.225 e. The van der Waals surface area contributed by atoms with Crippen LogP contribution < -0.4 is 10.1 Å². The summed E-state index contributed by atoms with van der Waals surface area (Å²) < 4.78 is 7.14. The summed E-state index contributed by atoms with van der Waals surface area (Å²) >= 11 is 0. The van der Waals surface area contributed by atoms with Crippen LogP contribution >= 0.6 is 0 Å². The Labute approximate surface area is 147 Å². The maximum atomic E-state index is 12.6. The number of rotatable bonds is 6. The van der Waals surface area contributed by atoms with Gasteiger partial charge in [0, 0.05) is 19.4 Å². The zero-order chi connectivity index (χ0) is 17.6. The van der Waals surface area contributed by atoms with E-state index in [0.29, 0.717) is 0 Å². The van der Waals surface area contributed by atoms with E-state index < -0.39 is 0 Å². The summed E-state index contributed by atoms with van der Waals surface area (Å²) in [5, 5.41) is 3.10. The van der Waals surface area contributed by atoms with Gasteiger partial charge in [-0.3, -0.25) is 4.79 Å². The first-order valence-corrected chi connectivity index (χ1v) is 8.12. The molecule has 0 aliphatic heterocycles. The number of ether oxygens (including phenoxy) is 1. The molecule has 0 aliphatic carbocycles. The third kappa shape index (κ3) is 4.07. The first-order chi connectivity index (χ1) is 12.2. The van der Waals surface area contributed by atoms with Crippen molar-refractivity contribution in [2.45, 2.75) is 12.5 Å². The molecule has 0 spiro atoms. The minimum Gasteiger partial charge on any atom is -0.497 e. The van der Waals surface area contributed by atoms with Crippen molar-refractivity contribution in [2.24, 2.45) is 7.05 Å². The first kappa shape index (κ1) is 16.8. The molecule has 0 saturated carbocycles. The highest BCUT2D eigenvalue weighted by molar-refractivity contribution is 5.79. The molecule has 1 aromatic heterocycles. The van der Waals surface area contributed by atoms with Gasteiger partial charge in [0.2, 0.25) is 5.91 Å². The number of carbonyl (C=O) groups is 1. The summed E-state index contributed by atoms with van der Waals surface area (Å²) in [5.74, 6) is 1.48. The number of amides is 1. The molecule has 0 bridgehead atoms. The highest BCUT2D eigenvalue weighted by atomic mass is 16.5. The van der Waals surface area contributed by atoms with Gasteiger partial charge in [-0.2, -0.15) is 0 Å². The number of benzene rings is 2. The molecule has 0 fully saturated rings. The molecule has 128 valence electrons. The van der Waals surface area contributed by atoms with Crippen LogP contribution in [-0.4, -0.2) is 22.6 Å². The molecule has 0 radical (unpaired) electrons. The summed E-state index contributed by atoms with van der Waals surface area (Å²) in [5.41, 5.74) is 1.90. The number of imidazole rings is 1. The van der Waals surface area contributed by atoms with Crippen molar-refractivity contribution in [1.29, 1.82) is 0 Å². The molecule has 1 N–H and O–H groups in total. The predicted octanol–water partition coefficient (Wildman–Crippen LogP) is 2.88. The van der Waals surface area contributed by atoms with Gasteiger partial charge >= 0.3 is 0 Å². The van der Waals surface area contributed by atoms with Gasteiger partial charge in [0.25, 0.3) is 0 Å². The maximum absolute atomic E-state index is 12.6. The van der Waals surface area contributed by atoms with Crippen LogP contribution in [0.1, 0.15) is 23.0 Å². The lowest BCUT2D eigenvalue weighted by molar-refractivity contribution is -0.121. The second-order valence-electron chi connectivity index (χ2n) is 5.84. The minimum atomic E-state index is -0.292. The van der Waals surface area contributed by atoms with E-state index in [9.17, 15) is 4.79 Å². The third-order valence-electron chi connectivity index (χ3n) is 4.05. The molecule has 1 heterocycles. The Morgan fingerprint density at radius 2 is 2.00 bits per heavy atom. The second-order valence-corrected chi connectivity index (χ2v) is 5.84. The number of carbonyl (C=O) groups excluding carboxylic acids is 1. The molecule has 2 aromatic carbocycles. The van der Waals surface area contributed by atoms with Crippen molar-refractivity contribution in [3.8, 4) is 5.75 Å². The van der Waals surface area contributed by atoms with Gasteiger partial charge in [0.1, 0.15) is 17.6 Å². The molecule has 1 amide bonds. The number of nitrogens with one attached hydrogen (secondary N) is 1. The quantitative estimate of drug-likeness (QED) is 0.753. The lowest BCUT2D eigenvalue weighted by atomic mass is 10.1. The van der Waals surface area contributed by atoms with Crippen LogP contribution in [0.2, 0.25) is 0 Å². The zero-order valence-electron chi connectivity index (χ0n) is 14.3. The lowest BCUT2D eigenvalue weighted by Crippen LogP contribution is -2.32. The third-order valence-corrected chi connectivity index (χ3v) is 4.05. The lowest BCUT2D eigenvalue weighted by Gasteiger charge is -2.19. The highest BCUT2D eigenvalue weighted by Crippen LogP contribution is 2.20. The Bertz CT molecular complexity index is 843. The molecule has 0 unspecified atom stereocenters. The normalized spacial score (nSPS) is 11.8. The van der Waals surface area contributed by atoms with Crippen LogP contribution in [0.5, 0.6) is 5.75 Å². The molecule has 3 rings (SSSR count). The number of aromatic nitrogens is 2. The highest BCUT2D eigenvalue weighted by Gasteiger charge is 2.20. The fourth-order valence-electron chi connectivity index (χ4n) is 2.78. The van der Waals surface area contributed by atoms with Crippen molar-refractivity contribution in [1.82, 2.24) is 14.9 Å². The summed E-state index contributed by atoms with van der Waals surface area (Å²) in [6.45, 7) is 0. The number of methoxy groups -OCH3 is 1. The summed E-state index contributed by atoms with van der Waals surface area (Å²) in [4.78, 5) is 17.0. The Balaban J connectivity index is 1.80.